The van der Waals surface area contributed by atoms with Gasteiger partial charge in [-0.3, -0.25) is 0 Å². The van der Waals surface area contributed by atoms with E-state index >= 15 is 0 Å². The molecule has 1 aliphatic carbocycles. The molecule has 0 N–H and O–H groups in total. The minimum atomic E-state index is 0.480. The van der Waals surface area contributed by atoms with Crippen LogP contribution in [-0.4, -0.2) is 20.2 Å². The van der Waals surface area contributed by atoms with Crippen molar-refractivity contribution in [2.45, 2.75) is 29.8 Å². The fraction of sp³-hybridized carbons (Fsp3) is 0.333. The van der Waals surface area contributed by atoms with Crippen LogP contribution in [0.25, 0.3) is 0 Å². The largest absolute Gasteiger partial charge is 0.217 e. The summed E-state index contributed by atoms with van der Waals surface area (Å²) in [6, 6.07) is 10.3. The lowest BCUT2D eigenvalue weighted by Crippen LogP contribution is -1.99. The molecule has 1 saturated carbocycles. The summed E-state index contributed by atoms with van der Waals surface area (Å²) >= 11 is 1.58. The molecule has 5 nitrogen and oxygen atoms in total. The third-order valence-corrected chi connectivity index (χ3v) is 3.83. The second kappa shape index (κ2) is 4.78. The van der Waals surface area contributed by atoms with Crippen molar-refractivity contribution < 1.29 is 0 Å². The maximum Gasteiger partial charge on any atom is 0.209 e. The zero-order chi connectivity index (χ0) is 12.4. The summed E-state index contributed by atoms with van der Waals surface area (Å²) < 4.78 is 1.89. The number of hydrogen-bond acceptors (Lipinski definition) is 5. The molecule has 6 heteroatoms. The fourth-order valence-electron chi connectivity index (χ4n) is 1.73. The van der Waals surface area contributed by atoms with Crippen molar-refractivity contribution in [1.82, 2.24) is 20.2 Å². The van der Waals surface area contributed by atoms with Crippen LogP contribution in [0.2, 0.25) is 0 Å². The molecule has 1 heterocycles. The van der Waals surface area contributed by atoms with Gasteiger partial charge in [0.15, 0.2) is 0 Å². The fourth-order valence-corrected chi connectivity index (χ4v) is 2.67. The molecule has 0 saturated heterocycles. The van der Waals surface area contributed by atoms with Crippen molar-refractivity contribution >= 4 is 11.8 Å². The highest BCUT2D eigenvalue weighted by atomic mass is 32.2. The highest BCUT2D eigenvalue weighted by molar-refractivity contribution is 7.98. The van der Waals surface area contributed by atoms with Gasteiger partial charge in [-0.05, 0) is 34.9 Å². The minimum absolute atomic E-state index is 0.480. The predicted octanol–water partition coefficient (Wildman–Crippen LogP) is 2.17. The van der Waals surface area contributed by atoms with Crippen LogP contribution in [0.3, 0.4) is 0 Å². The molecule has 1 fully saturated rings. The number of hydrogen-bond donors (Lipinski definition) is 0. The van der Waals surface area contributed by atoms with Gasteiger partial charge in [0, 0.05) is 5.75 Å². The van der Waals surface area contributed by atoms with Crippen LogP contribution >= 0.6 is 11.8 Å². The first-order valence-electron chi connectivity index (χ1n) is 5.77. The van der Waals surface area contributed by atoms with Crippen molar-refractivity contribution in [2.75, 3.05) is 0 Å². The molecule has 3 rings (SSSR count). The molecule has 18 heavy (non-hydrogen) atoms. The standard InChI is InChI=1S/C12H11N5S/c13-7-9-3-1-2-4-10(9)8-18-12-14-15-16-17(12)11-5-6-11/h1-4,11H,5-6,8H2. The van der Waals surface area contributed by atoms with Crippen LogP contribution in [0.5, 0.6) is 0 Å². The summed E-state index contributed by atoms with van der Waals surface area (Å²) in [5.41, 5.74) is 1.74. The van der Waals surface area contributed by atoms with E-state index in [9.17, 15) is 0 Å². The first kappa shape index (κ1) is 11.2. The number of tetrazole rings is 1. The van der Waals surface area contributed by atoms with Gasteiger partial charge in [0.05, 0.1) is 17.7 Å². The molecule has 1 aliphatic rings. The van der Waals surface area contributed by atoms with E-state index in [2.05, 4.69) is 21.6 Å². The van der Waals surface area contributed by atoms with Gasteiger partial charge >= 0.3 is 0 Å². The molecule has 1 aromatic heterocycles. The lowest BCUT2D eigenvalue weighted by Gasteiger charge is -2.03. The number of nitrogens with zero attached hydrogens (tertiary/aromatic N) is 5. The van der Waals surface area contributed by atoms with Gasteiger partial charge in [0.2, 0.25) is 5.16 Å². The molecule has 0 bridgehead atoms. The molecule has 0 atom stereocenters. The minimum Gasteiger partial charge on any atom is -0.217 e. The molecule has 0 radical (unpaired) electrons. The van der Waals surface area contributed by atoms with Crippen LogP contribution in [0.4, 0.5) is 0 Å². The van der Waals surface area contributed by atoms with Crippen molar-refractivity contribution in [3.63, 3.8) is 0 Å². The Hall–Kier alpha value is -1.87. The van der Waals surface area contributed by atoms with Crippen LogP contribution in [0.1, 0.15) is 30.0 Å². The molecule has 1 aromatic carbocycles. The first-order valence-corrected chi connectivity index (χ1v) is 6.75. The number of benzene rings is 1. The van der Waals surface area contributed by atoms with E-state index in [1.807, 2.05) is 28.9 Å². The summed E-state index contributed by atoms with van der Waals surface area (Å²) in [6.45, 7) is 0. The quantitative estimate of drug-likeness (QED) is 0.785. The van der Waals surface area contributed by atoms with Crippen LogP contribution in [0.15, 0.2) is 29.4 Å². The molecular formula is C12H11N5S. The maximum absolute atomic E-state index is 9.02. The molecule has 90 valence electrons. The van der Waals surface area contributed by atoms with E-state index in [-0.39, 0.29) is 0 Å². The average Bonchev–Trinajstić information content (AvgIpc) is 3.16. The number of aromatic nitrogens is 4. The van der Waals surface area contributed by atoms with Gasteiger partial charge in [-0.15, -0.1) is 5.10 Å². The normalized spacial score (nSPS) is 14.4. The van der Waals surface area contributed by atoms with E-state index in [4.69, 9.17) is 5.26 Å². The Morgan fingerprint density at radius 3 is 3.00 bits per heavy atom. The summed E-state index contributed by atoms with van der Waals surface area (Å²) in [6.07, 6.45) is 2.32. The van der Waals surface area contributed by atoms with Crippen molar-refractivity contribution in [1.29, 1.82) is 5.26 Å². The lowest BCUT2D eigenvalue weighted by molar-refractivity contribution is 0.565. The van der Waals surface area contributed by atoms with Crippen molar-refractivity contribution in [3.8, 4) is 6.07 Å². The van der Waals surface area contributed by atoms with Gasteiger partial charge in [0.25, 0.3) is 0 Å². The van der Waals surface area contributed by atoms with Crippen LogP contribution < -0.4 is 0 Å². The lowest BCUT2D eigenvalue weighted by atomic mass is 10.1. The Bertz CT molecular complexity index is 597. The number of nitriles is 1. The molecule has 0 aliphatic heterocycles. The highest BCUT2D eigenvalue weighted by Gasteiger charge is 2.27. The van der Waals surface area contributed by atoms with E-state index in [0.29, 0.717) is 6.04 Å². The highest BCUT2D eigenvalue weighted by Crippen LogP contribution is 2.36. The first-order chi connectivity index (χ1) is 8.88. The Balaban J connectivity index is 1.74. The second-order valence-corrected chi connectivity index (χ2v) is 5.14. The smallest absolute Gasteiger partial charge is 0.209 e. The third kappa shape index (κ3) is 2.22. The van der Waals surface area contributed by atoms with E-state index in [1.165, 1.54) is 0 Å². The van der Waals surface area contributed by atoms with Gasteiger partial charge in [-0.1, -0.05) is 30.0 Å². The molecule has 0 amide bonds. The second-order valence-electron chi connectivity index (χ2n) is 4.19. The third-order valence-electron chi connectivity index (χ3n) is 2.85. The van der Waals surface area contributed by atoms with E-state index in [0.717, 1.165) is 34.9 Å². The average molecular weight is 257 g/mol. The molecular weight excluding hydrogens is 246 g/mol. The topological polar surface area (TPSA) is 67.4 Å². The summed E-state index contributed by atoms with van der Waals surface area (Å²) in [5, 5.41) is 21.6. The summed E-state index contributed by atoms with van der Waals surface area (Å²) in [4.78, 5) is 0. The van der Waals surface area contributed by atoms with Gasteiger partial charge in [0.1, 0.15) is 0 Å². The maximum atomic E-state index is 9.02. The predicted molar refractivity (Wildman–Crippen MR) is 66.8 cm³/mol. The van der Waals surface area contributed by atoms with Gasteiger partial charge in [-0.2, -0.15) is 5.26 Å². The SMILES string of the molecule is N#Cc1ccccc1CSc1nnnn1C1CC1. The summed E-state index contributed by atoms with van der Waals surface area (Å²) in [7, 11) is 0. The molecule has 0 unspecified atom stereocenters. The van der Waals surface area contributed by atoms with E-state index in [1.54, 1.807) is 11.8 Å². The Morgan fingerprint density at radius 2 is 2.22 bits per heavy atom. The van der Waals surface area contributed by atoms with Crippen LogP contribution in [0, 0.1) is 11.3 Å². The van der Waals surface area contributed by atoms with E-state index < -0.39 is 0 Å². The Labute approximate surface area is 109 Å². The van der Waals surface area contributed by atoms with Crippen molar-refractivity contribution in [2.24, 2.45) is 0 Å². The monoisotopic (exact) mass is 257 g/mol. The van der Waals surface area contributed by atoms with Gasteiger partial charge in [-0.25, -0.2) is 4.68 Å². The number of thioether (sulfide) groups is 1. The van der Waals surface area contributed by atoms with Crippen LogP contribution in [-0.2, 0) is 5.75 Å². The van der Waals surface area contributed by atoms with Crippen molar-refractivity contribution in [3.05, 3.63) is 35.4 Å². The molecule has 0 spiro atoms. The molecule has 2 aromatic rings. The Morgan fingerprint density at radius 1 is 1.39 bits per heavy atom. The number of rotatable bonds is 4. The summed E-state index contributed by atoms with van der Waals surface area (Å²) in [5.74, 6) is 0.719. The zero-order valence-corrected chi connectivity index (χ0v) is 10.5. The zero-order valence-electron chi connectivity index (χ0n) is 9.65. The Kier molecular flexibility index (Phi) is 2.99. The van der Waals surface area contributed by atoms with Gasteiger partial charge < -0.3 is 0 Å².